The summed E-state index contributed by atoms with van der Waals surface area (Å²) in [6, 6.07) is 2.41. The molecule has 0 fully saturated rings. The predicted octanol–water partition coefficient (Wildman–Crippen LogP) is 3.18. The zero-order valence-corrected chi connectivity index (χ0v) is 11.7. The molecule has 1 aromatic rings. The smallest absolute Gasteiger partial charge is 0.225 e. The molecule has 3 nitrogen and oxygen atoms in total. The molecule has 0 atom stereocenters. The van der Waals surface area contributed by atoms with E-state index < -0.39 is 5.82 Å². The Morgan fingerprint density at radius 2 is 2.24 bits per heavy atom. The van der Waals surface area contributed by atoms with Crippen LogP contribution in [0.5, 0.6) is 0 Å². The lowest BCUT2D eigenvalue weighted by Crippen LogP contribution is -2.21. The highest BCUT2D eigenvalue weighted by molar-refractivity contribution is 9.10. The lowest BCUT2D eigenvalue weighted by molar-refractivity contribution is -0.116. The standard InChI is InChI=1S/C11H13BrClFN2O/c1-2-15-4-3-10(17)16-11-8(12)5-7(14)6-9(11)13/h5-6,15H,2-4H2,1H3,(H,16,17). The van der Waals surface area contributed by atoms with Gasteiger partial charge in [-0.2, -0.15) is 0 Å². The normalized spacial score (nSPS) is 10.4. The van der Waals surface area contributed by atoms with Gasteiger partial charge >= 0.3 is 0 Å². The Hall–Kier alpha value is -0.650. The molecule has 0 saturated heterocycles. The second-order valence-electron chi connectivity index (χ2n) is 3.40. The van der Waals surface area contributed by atoms with E-state index in [1.165, 1.54) is 6.07 Å². The lowest BCUT2D eigenvalue weighted by Gasteiger charge is -2.09. The largest absolute Gasteiger partial charge is 0.324 e. The van der Waals surface area contributed by atoms with Crippen molar-refractivity contribution in [3.8, 4) is 0 Å². The van der Waals surface area contributed by atoms with E-state index in [0.717, 1.165) is 12.6 Å². The number of nitrogens with one attached hydrogen (secondary N) is 2. The van der Waals surface area contributed by atoms with E-state index in [2.05, 4.69) is 26.6 Å². The molecule has 0 aromatic heterocycles. The Bertz CT molecular complexity index is 391. The minimum atomic E-state index is -0.451. The van der Waals surface area contributed by atoms with Crippen molar-refractivity contribution in [3.05, 3.63) is 27.4 Å². The number of hydrogen-bond acceptors (Lipinski definition) is 2. The Labute approximate surface area is 113 Å². The van der Waals surface area contributed by atoms with Crippen LogP contribution in [0.1, 0.15) is 13.3 Å². The van der Waals surface area contributed by atoms with Crippen LogP contribution in [0.2, 0.25) is 5.02 Å². The molecule has 0 bridgehead atoms. The molecule has 0 aliphatic carbocycles. The highest BCUT2D eigenvalue weighted by Gasteiger charge is 2.11. The summed E-state index contributed by atoms with van der Waals surface area (Å²) in [5.74, 6) is -0.618. The molecule has 94 valence electrons. The summed E-state index contributed by atoms with van der Waals surface area (Å²) in [6.45, 7) is 3.37. The summed E-state index contributed by atoms with van der Waals surface area (Å²) < 4.78 is 13.4. The third kappa shape index (κ3) is 4.61. The molecule has 0 aliphatic rings. The van der Waals surface area contributed by atoms with Gasteiger partial charge in [-0.05, 0) is 34.6 Å². The summed E-state index contributed by atoms with van der Waals surface area (Å²) in [4.78, 5) is 11.6. The van der Waals surface area contributed by atoms with Crippen molar-refractivity contribution >= 4 is 39.1 Å². The van der Waals surface area contributed by atoms with Crippen LogP contribution in [-0.4, -0.2) is 19.0 Å². The fourth-order valence-electron chi connectivity index (χ4n) is 1.24. The van der Waals surface area contributed by atoms with Gasteiger partial charge in [0.1, 0.15) is 5.82 Å². The number of benzene rings is 1. The Balaban J connectivity index is 2.65. The molecule has 0 saturated carbocycles. The van der Waals surface area contributed by atoms with E-state index in [-0.39, 0.29) is 10.9 Å². The molecule has 0 unspecified atom stereocenters. The van der Waals surface area contributed by atoms with E-state index in [1.54, 1.807) is 0 Å². The first-order valence-corrected chi connectivity index (χ1v) is 6.36. The second-order valence-corrected chi connectivity index (χ2v) is 4.66. The number of hydrogen-bond donors (Lipinski definition) is 2. The van der Waals surface area contributed by atoms with Crippen LogP contribution < -0.4 is 10.6 Å². The van der Waals surface area contributed by atoms with Crippen molar-refractivity contribution in [3.63, 3.8) is 0 Å². The van der Waals surface area contributed by atoms with E-state index in [4.69, 9.17) is 11.6 Å². The van der Waals surface area contributed by atoms with Crippen molar-refractivity contribution in [2.75, 3.05) is 18.4 Å². The molecule has 1 rings (SSSR count). The predicted molar refractivity (Wildman–Crippen MR) is 70.9 cm³/mol. The minimum Gasteiger partial charge on any atom is -0.324 e. The second kappa shape index (κ2) is 6.93. The highest BCUT2D eigenvalue weighted by Crippen LogP contribution is 2.31. The van der Waals surface area contributed by atoms with Gasteiger partial charge in [0.2, 0.25) is 5.91 Å². The topological polar surface area (TPSA) is 41.1 Å². The summed E-state index contributed by atoms with van der Waals surface area (Å²) in [6.07, 6.45) is 0.341. The molecule has 6 heteroatoms. The van der Waals surface area contributed by atoms with Gasteiger partial charge in [0.15, 0.2) is 0 Å². The molecular weight excluding hydrogens is 310 g/mol. The van der Waals surface area contributed by atoms with E-state index in [9.17, 15) is 9.18 Å². The zero-order valence-electron chi connectivity index (χ0n) is 9.32. The van der Waals surface area contributed by atoms with E-state index in [0.29, 0.717) is 23.1 Å². The number of amides is 1. The van der Waals surface area contributed by atoms with Crippen LogP contribution in [0, 0.1) is 5.82 Å². The van der Waals surface area contributed by atoms with Crippen molar-refractivity contribution in [1.82, 2.24) is 5.32 Å². The van der Waals surface area contributed by atoms with Crippen LogP contribution in [-0.2, 0) is 4.79 Å². The Morgan fingerprint density at radius 1 is 1.53 bits per heavy atom. The number of carbonyl (C=O) groups excluding carboxylic acids is 1. The highest BCUT2D eigenvalue weighted by atomic mass is 79.9. The van der Waals surface area contributed by atoms with Crippen LogP contribution in [0.15, 0.2) is 16.6 Å². The van der Waals surface area contributed by atoms with Gasteiger partial charge in [-0.15, -0.1) is 0 Å². The SMILES string of the molecule is CCNCCC(=O)Nc1c(Cl)cc(F)cc1Br. The quantitative estimate of drug-likeness (QED) is 0.817. The molecule has 1 aromatic carbocycles. The summed E-state index contributed by atoms with van der Waals surface area (Å²) >= 11 is 8.99. The van der Waals surface area contributed by atoms with Gasteiger partial charge < -0.3 is 10.6 Å². The van der Waals surface area contributed by atoms with Gasteiger partial charge in [-0.25, -0.2) is 4.39 Å². The maximum absolute atomic E-state index is 13.0. The summed E-state index contributed by atoms with van der Waals surface area (Å²) in [5, 5.41) is 5.85. The van der Waals surface area contributed by atoms with Crippen molar-refractivity contribution in [1.29, 1.82) is 0 Å². The van der Waals surface area contributed by atoms with E-state index >= 15 is 0 Å². The monoisotopic (exact) mass is 322 g/mol. The number of anilines is 1. The maximum atomic E-state index is 13.0. The molecule has 17 heavy (non-hydrogen) atoms. The van der Waals surface area contributed by atoms with Crippen LogP contribution in [0.25, 0.3) is 0 Å². The summed E-state index contributed by atoms with van der Waals surface area (Å²) in [5.41, 5.74) is 0.398. The first kappa shape index (κ1) is 14.4. The average molecular weight is 324 g/mol. The van der Waals surface area contributed by atoms with Gasteiger partial charge in [0.25, 0.3) is 0 Å². The van der Waals surface area contributed by atoms with Crippen molar-refractivity contribution < 1.29 is 9.18 Å². The van der Waals surface area contributed by atoms with Gasteiger partial charge in [-0.1, -0.05) is 18.5 Å². The van der Waals surface area contributed by atoms with Crippen LogP contribution >= 0.6 is 27.5 Å². The molecule has 2 N–H and O–H groups in total. The van der Waals surface area contributed by atoms with Gasteiger partial charge in [0, 0.05) is 17.4 Å². The molecule has 0 radical (unpaired) electrons. The van der Waals surface area contributed by atoms with Gasteiger partial charge in [-0.3, -0.25) is 4.79 Å². The molecule has 0 spiro atoms. The third-order valence-electron chi connectivity index (χ3n) is 2.05. The average Bonchev–Trinajstić information content (AvgIpc) is 2.24. The van der Waals surface area contributed by atoms with E-state index in [1.807, 2.05) is 6.92 Å². The Kier molecular flexibility index (Phi) is 5.88. The molecule has 0 aliphatic heterocycles. The maximum Gasteiger partial charge on any atom is 0.225 e. The third-order valence-corrected chi connectivity index (χ3v) is 2.97. The van der Waals surface area contributed by atoms with Crippen molar-refractivity contribution in [2.45, 2.75) is 13.3 Å². The number of carbonyl (C=O) groups is 1. The first-order chi connectivity index (χ1) is 8.04. The number of rotatable bonds is 5. The minimum absolute atomic E-state index is 0.167. The fourth-order valence-corrected chi connectivity index (χ4v) is 2.14. The summed E-state index contributed by atoms with van der Waals surface area (Å²) in [7, 11) is 0. The fraction of sp³-hybridized carbons (Fsp3) is 0.364. The zero-order chi connectivity index (χ0) is 12.8. The van der Waals surface area contributed by atoms with Gasteiger partial charge in [0.05, 0.1) is 10.7 Å². The lowest BCUT2D eigenvalue weighted by atomic mass is 10.3. The molecule has 1 amide bonds. The first-order valence-electron chi connectivity index (χ1n) is 5.19. The number of halogens is 3. The van der Waals surface area contributed by atoms with Crippen molar-refractivity contribution in [2.24, 2.45) is 0 Å². The van der Waals surface area contributed by atoms with Crippen LogP contribution in [0.3, 0.4) is 0 Å². The van der Waals surface area contributed by atoms with Crippen LogP contribution in [0.4, 0.5) is 10.1 Å². The Morgan fingerprint density at radius 3 is 2.82 bits per heavy atom. The molecular formula is C11H13BrClFN2O. The molecule has 0 heterocycles.